The van der Waals surface area contributed by atoms with Gasteiger partial charge in [-0.05, 0) is 49.2 Å². The normalized spacial score (nSPS) is 10.7. The monoisotopic (exact) mass is 398 g/mol. The number of ether oxygens (including phenoxy) is 2. The number of esters is 1. The molecule has 0 heterocycles. The molecule has 0 unspecified atom stereocenters. The molecule has 2 rings (SSSR count). The molecule has 0 aliphatic heterocycles. The average molecular weight is 399 g/mol. The van der Waals surface area contributed by atoms with Crippen LogP contribution in [0.3, 0.4) is 0 Å². The molecule has 0 fully saturated rings. The highest BCUT2D eigenvalue weighted by molar-refractivity contribution is 6.32. The maximum absolute atomic E-state index is 12.4. The number of hydrogen-bond donors (Lipinski definition) is 1. The molecule has 0 saturated heterocycles. The summed E-state index contributed by atoms with van der Waals surface area (Å²) >= 11 is 6.16. The fourth-order valence-electron chi connectivity index (χ4n) is 2.28. The summed E-state index contributed by atoms with van der Waals surface area (Å²) in [5, 5.41) is 12.3. The zero-order valence-electron chi connectivity index (χ0n) is 15.5. The molecule has 0 bridgehead atoms. The standard InChI is InChI=1S/C21H19ClN2O4/c1-3-27-20(25)13-28-19-9-8-15(11-17(19)22)10-16(12-23)21(26)24-18-7-5-4-6-14(18)2/h4-11H,3,13H2,1-2H3,(H,24,26)/b16-10+. The van der Waals surface area contributed by atoms with Gasteiger partial charge in [-0.25, -0.2) is 4.79 Å². The van der Waals surface area contributed by atoms with Gasteiger partial charge in [-0.2, -0.15) is 5.26 Å². The van der Waals surface area contributed by atoms with E-state index in [-0.39, 0.29) is 23.8 Å². The van der Waals surface area contributed by atoms with E-state index < -0.39 is 11.9 Å². The Morgan fingerprint density at radius 2 is 2.00 bits per heavy atom. The Morgan fingerprint density at radius 1 is 1.25 bits per heavy atom. The second kappa shape index (κ2) is 10.1. The maximum atomic E-state index is 12.4. The van der Waals surface area contributed by atoms with Crippen LogP contribution >= 0.6 is 11.6 Å². The number of carbonyl (C=O) groups is 2. The predicted octanol–water partition coefficient (Wildman–Crippen LogP) is 4.14. The molecule has 0 aromatic heterocycles. The lowest BCUT2D eigenvalue weighted by atomic mass is 10.1. The summed E-state index contributed by atoms with van der Waals surface area (Å²) in [6.45, 7) is 3.57. The van der Waals surface area contributed by atoms with Gasteiger partial charge in [-0.3, -0.25) is 4.79 Å². The molecule has 144 valence electrons. The Kier molecular flexibility index (Phi) is 7.61. The Bertz CT molecular complexity index is 948. The van der Waals surface area contributed by atoms with Gasteiger partial charge >= 0.3 is 5.97 Å². The number of benzene rings is 2. The van der Waals surface area contributed by atoms with Crippen molar-refractivity contribution in [1.29, 1.82) is 5.26 Å². The molecule has 7 heteroatoms. The van der Waals surface area contributed by atoms with Crippen LogP contribution in [0.2, 0.25) is 5.02 Å². The number of amides is 1. The first-order valence-electron chi connectivity index (χ1n) is 8.51. The van der Waals surface area contributed by atoms with Gasteiger partial charge in [0.15, 0.2) is 6.61 Å². The average Bonchev–Trinajstić information content (AvgIpc) is 2.67. The van der Waals surface area contributed by atoms with Crippen LogP contribution in [0.5, 0.6) is 5.75 Å². The molecule has 0 atom stereocenters. The summed E-state index contributed by atoms with van der Waals surface area (Å²) in [5.74, 6) is -0.715. The molecule has 0 spiro atoms. The van der Waals surface area contributed by atoms with Gasteiger partial charge in [0.2, 0.25) is 0 Å². The molecule has 0 saturated carbocycles. The van der Waals surface area contributed by atoms with Crippen molar-refractivity contribution in [2.75, 3.05) is 18.5 Å². The van der Waals surface area contributed by atoms with E-state index in [9.17, 15) is 14.9 Å². The van der Waals surface area contributed by atoms with E-state index in [1.165, 1.54) is 6.08 Å². The number of nitrogens with zero attached hydrogens (tertiary/aromatic N) is 1. The molecular weight excluding hydrogens is 380 g/mol. The lowest BCUT2D eigenvalue weighted by Gasteiger charge is -2.09. The summed E-state index contributed by atoms with van der Waals surface area (Å²) in [4.78, 5) is 23.7. The van der Waals surface area contributed by atoms with Gasteiger partial charge < -0.3 is 14.8 Å². The van der Waals surface area contributed by atoms with E-state index in [2.05, 4.69) is 5.32 Å². The summed E-state index contributed by atoms with van der Waals surface area (Å²) in [6.07, 6.45) is 1.43. The van der Waals surface area contributed by atoms with Gasteiger partial charge in [0, 0.05) is 5.69 Å². The molecule has 1 N–H and O–H groups in total. The lowest BCUT2D eigenvalue weighted by molar-refractivity contribution is -0.145. The van der Waals surface area contributed by atoms with E-state index >= 15 is 0 Å². The van der Waals surface area contributed by atoms with Crippen LogP contribution < -0.4 is 10.1 Å². The van der Waals surface area contributed by atoms with Crippen molar-refractivity contribution in [3.8, 4) is 11.8 Å². The fourth-order valence-corrected chi connectivity index (χ4v) is 2.52. The topological polar surface area (TPSA) is 88.4 Å². The second-order valence-electron chi connectivity index (χ2n) is 5.72. The van der Waals surface area contributed by atoms with E-state index in [0.29, 0.717) is 17.0 Å². The highest BCUT2D eigenvalue weighted by Crippen LogP contribution is 2.26. The number of para-hydroxylation sites is 1. The number of nitrogens with one attached hydrogen (secondary N) is 1. The zero-order valence-corrected chi connectivity index (χ0v) is 16.2. The van der Waals surface area contributed by atoms with Crippen molar-refractivity contribution >= 4 is 35.2 Å². The highest BCUT2D eigenvalue weighted by atomic mass is 35.5. The summed E-state index contributed by atoms with van der Waals surface area (Å²) < 4.78 is 10.1. The van der Waals surface area contributed by atoms with Gasteiger partial charge in [0.25, 0.3) is 5.91 Å². The van der Waals surface area contributed by atoms with Crippen molar-refractivity contribution < 1.29 is 19.1 Å². The number of hydrogen-bond acceptors (Lipinski definition) is 5. The first-order valence-corrected chi connectivity index (χ1v) is 8.89. The van der Waals surface area contributed by atoms with E-state index in [4.69, 9.17) is 21.1 Å². The molecule has 0 radical (unpaired) electrons. The minimum absolute atomic E-state index is 0.0699. The summed E-state index contributed by atoms with van der Waals surface area (Å²) in [5.41, 5.74) is 2.00. The third-order valence-electron chi connectivity index (χ3n) is 3.68. The SMILES string of the molecule is CCOC(=O)COc1ccc(/C=C(\C#N)C(=O)Nc2ccccc2C)cc1Cl. The molecule has 6 nitrogen and oxygen atoms in total. The van der Waals surface area contributed by atoms with E-state index in [1.54, 1.807) is 37.3 Å². The Morgan fingerprint density at radius 3 is 2.64 bits per heavy atom. The molecule has 28 heavy (non-hydrogen) atoms. The number of aryl methyl sites for hydroxylation is 1. The molecule has 2 aromatic rings. The Hall–Kier alpha value is -3.30. The predicted molar refractivity (Wildman–Crippen MR) is 107 cm³/mol. The third-order valence-corrected chi connectivity index (χ3v) is 3.97. The van der Waals surface area contributed by atoms with Crippen molar-refractivity contribution in [3.63, 3.8) is 0 Å². The van der Waals surface area contributed by atoms with E-state index in [1.807, 2.05) is 25.1 Å². The first kappa shape index (κ1) is 21.0. The number of halogens is 1. The Labute approximate surface area is 168 Å². The Balaban J connectivity index is 2.12. The van der Waals surface area contributed by atoms with Crippen molar-refractivity contribution in [2.45, 2.75) is 13.8 Å². The van der Waals surface area contributed by atoms with Crippen LogP contribution in [-0.4, -0.2) is 25.1 Å². The fraction of sp³-hybridized carbons (Fsp3) is 0.190. The lowest BCUT2D eigenvalue weighted by Crippen LogP contribution is -2.14. The summed E-state index contributed by atoms with van der Waals surface area (Å²) in [6, 6.07) is 13.9. The van der Waals surface area contributed by atoms with Crippen LogP contribution in [-0.2, 0) is 14.3 Å². The zero-order chi connectivity index (χ0) is 20.5. The molecule has 0 aliphatic carbocycles. The van der Waals surface area contributed by atoms with Crippen LogP contribution in [0.4, 0.5) is 5.69 Å². The number of nitriles is 1. The van der Waals surface area contributed by atoms with Crippen LogP contribution in [0, 0.1) is 18.3 Å². The second-order valence-corrected chi connectivity index (χ2v) is 6.13. The summed E-state index contributed by atoms with van der Waals surface area (Å²) in [7, 11) is 0. The van der Waals surface area contributed by atoms with Crippen molar-refractivity contribution in [3.05, 3.63) is 64.2 Å². The van der Waals surface area contributed by atoms with Gasteiger partial charge in [0.05, 0.1) is 11.6 Å². The first-order chi connectivity index (χ1) is 13.4. The smallest absolute Gasteiger partial charge is 0.344 e. The van der Waals surface area contributed by atoms with Gasteiger partial charge in [0.1, 0.15) is 17.4 Å². The minimum Gasteiger partial charge on any atom is -0.480 e. The largest absolute Gasteiger partial charge is 0.480 e. The number of anilines is 1. The quantitative estimate of drug-likeness (QED) is 0.430. The molecule has 1 amide bonds. The maximum Gasteiger partial charge on any atom is 0.344 e. The molecule has 0 aliphatic rings. The van der Waals surface area contributed by atoms with Gasteiger partial charge in [-0.15, -0.1) is 0 Å². The van der Waals surface area contributed by atoms with Crippen molar-refractivity contribution in [1.82, 2.24) is 0 Å². The molecule has 2 aromatic carbocycles. The van der Waals surface area contributed by atoms with Crippen LogP contribution in [0.1, 0.15) is 18.1 Å². The van der Waals surface area contributed by atoms with Crippen molar-refractivity contribution in [2.24, 2.45) is 0 Å². The number of rotatable bonds is 7. The van der Waals surface area contributed by atoms with Gasteiger partial charge in [-0.1, -0.05) is 35.9 Å². The minimum atomic E-state index is -0.518. The van der Waals surface area contributed by atoms with E-state index in [0.717, 1.165) is 5.56 Å². The highest BCUT2D eigenvalue weighted by Gasteiger charge is 2.12. The van der Waals surface area contributed by atoms with Crippen LogP contribution in [0.25, 0.3) is 6.08 Å². The third kappa shape index (κ3) is 5.86. The van der Waals surface area contributed by atoms with Crippen LogP contribution in [0.15, 0.2) is 48.0 Å². The number of carbonyl (C=O) groups excluding carboxylic acids is 2. The molecular formula is C21H19ClN2O4.